The van der Waals surface area contributed by atoms with Crippen LogP contribution in [0, 0.1) is 17.6 Å². The molecule has 1 rings (SSSR count). The van der Waals surface area contributed by atoms with Crippen LogP contribution in [-0.4, -0.2) is 11.8 Å². The average molecular weight is 292 g/mol. The third kappa shape index (κ3) is 2.47. The monoisotopic (exact) mass is 291 g/mol. The van der Waals surface area contributed by atoms with Crippen molar-refractivity contribution in [1.82, 2.24) is 0 Å². The Balaban J connectivity index is 3.23. The molecule has 0 saturated carbocycles. The van der Waals surface area contributed by atoms with E-state index >= 15 is 0 Å². The first-order chi connectivity index (χ1) is 7.36. The second-order valence-electron chi connectivity index (χ2n) is 3.73. The van der Waals surface area contributed by atoms with Crippen molar-refractivity contribution < 1.29 is 13.6 Å². The van der Waals surface area contributed by atoms with Crippen molar-refractivity contribution in [3.63, 3.8) is 0 Å². The Morgan fingerprint density at radius 3 is 2.44 bits per heavy atom. The standard InChI is InChI=1S/C11H12BrF2NO/c1-5(6(2)15)11(16)9-8(13)4-3-7(12)10(9)14/h3-6H,15H2,1-2H3. The number of ketones is 1. The van der Waals surface area contributed by atoms with Crippen LogP contribution in [0.1, 0.15) is 24.2 Å². The second kappa shape index (κ2) is 5.01. The first kappa shape index (κ1) is 13.3. The van der Waals surface area contributed by atoms with Crippen LogP contribution in [0.3, 0.4) is 0 Å². The normalized spacial score (nSPS) is 14.6. The van der Waals surface area contributed by atoms with Gasteiger partial charge >= 0.3 is 0 Å². The molecule has 0 aliphatic heterocycles. The van der Waals surface area contributed by atoms with E-state index in [1.807, 2.05) is 0 Å². The Kier molecular flexibility index (Phi) is 4.15. The zero-order valence-corrected chi connectivity index (χ0v) is 10.5. The summed E-state index contributed by atoms with van der Waals surface area (Å²) in [5.74, 6) is -2.99. The van der Waals surface area contributed by atoms with Gasteiger partial charge in [0, 0.05) is 12.0 Å². The Bertz CT molecular complexity index is 421. The second-order valence-corrected chi connectivity index (χ2v) is 4.58. The fourth-order valence-electron chi connectivity index (χ4n) is 1.22. The number of benzene rings is 1. The van der Waals surface area contributed by atoms with Crippen molar-refractivity contribution in [2.45, 2.75) is 19.9 Å². The molecule has 0 fully saturated rings. The lowest BCUT2D eigenvalue weighted by Gasteiger charge is -2.15. The quantitative estimate of drug-likeness (QED) is 0.687. The van der Waals surface area contributed by atoms with Gasteiger partial charge in [0.15, 0.2) is 11.6 Å². The van der Waals surface area contributed by atoms with Crippen molar-refractivity contribution in [3.8, 4) is 0 Å². The Morgan fingerprint density at radius 2 is 1.94 bits per heavy atom. The summed E-state index contributed by atoms with van der Waals surface area (Å²) in [7, 11) is 0. The van der Waals surface area contributed by atoms with E-state index < -0.39 is 34.9 Å². The van der Waals surface area contributed by atoms with Gasteiger partial charge in [-0.25, -0.2) is 8.78 Å². The van der Waals surface area contributed by atoms with Crippen LogP contribution in [0.25, 0.3) is 0 Å². The minimum atomic E-state index is -0.877. The van der Waals surface area contributed by atoms with E-state index in [1.54, 1.807) is 13.8 Å². The highest BCUT2D eigenvalue weighted by Gasteiger charge is 2.26. The molecule has 2 N–H and O–H groups in total. The van der Waals surface area contributed by atoms with Crippen molar-refractivity contribution >= 4 is 21.7 Å². The zero-order chi connectivity index (χ0) is 12.5. The van der Waals surface area contributed by atoms with Gasteiger partial charge in [0.1, 0.15) is 5.82 Å². The van der Waals surface area contributed by atoms with Crippen LogP contribution >= 0.6 is 15.9 Å². The predicted octanol–water partition coefficient (Wildman–Crippen LogP) is 2.89. The number of hydrogen-bond acceptors (Lipinski definition) is 2. The fraction of sp³-hybridized carbons (Fsp3) is 0.364. The predicted molar refractivity (Wildman–Crippen MR) is 61.2 cm³/mol. The molecule has 2 atom stereocenters. The molecule has 16 heavy (non-hydrogen) atoms. The number of carbonyl (C=O) groups excluding carboxylic acids is 1. The minimum Gasteiger partial charge on any atom is -0.327 e. The first-order valence-electron chi connectivity index (χ1n) is 4.79. The molecule has 1 aromatic rings. The molecule has 0 bridgehead atoms. The molecule has 0 aromatic heterocycles. The molecule has 5 heteroatoms. The van der Waals surface area contributed by atoms with Gasteiger partial charge in [0.05, 0.1) is 10.0 Å². The van der Waals surface area contributed by atoms with Gasteiger partial charge in [-0.3, -0.25) is 4.79 Å². The fourth-order valence-corrected chi connectivity index (χ4v) is 1.55. The Labute approximate surface area is 101 Å². The van der Waals surface area contributed by atoms with E-state index in [1.165, 1.54) is 6.07 Å². The summed E-state index contributed by atoms with van der Waals surface area (Å²) in [6, 6.07) is 1.82. The molecule has 0 amide bonds. The molecule has 0 heterocycles. The lowest BCUT2D eigenvalue weighted by atomic mass is 9.93. The molecular formula is C11H12BrF2NO. The first-order valence-corrected chi connectivity index (χ1v) is 5.58. The summed E-state index contributed by atoms with van der Waals surface area (Å²) in [6.45, 7) is 3.17. The van der Waals surface area contributed by atoms with Gasteiger partial charge in [0.2, 0.25) is 0 Å². The van der Waals surface area contributed by atoms with Crippen LogP contribution in [0.2, 0.25) is 0 Å². The lowest BCUT2D eigenvalue weighted by molar-refractivity contribution is 0.0908. The molecule has 0 aliphatic carbocycles. The van der Waals surface area contributed by atoms with Gasteiger partial charge in [-0.05, 0) is 35.0 Å². The average Bonchev–Trinajstić information content (AvgIpc) is 2.22. The van der Waals surface area contributed by atoms with E-state index in [2.05, 4.69) is 15.9 Å². The molecule has 1 aromatic carbocycles. The van der Waals surface area contributed by atoms with Crippen LogP contribution in [0.15, 0.2) is 16.6 Å². The van der Waals surface area contributed by atoms with Gasteiger partial charge in [-0.15, -0.1) is 0 Å². The third-order valence-electron chi connectivity index (χ3n) is 2.49. The topological polar surface area (TPSA) is 43.1 Å². The summed E-state index contributed by atoms with van der Waals surface area (Å²) in [5.41, 5.74) is 5.01. The molecule has 0 radical (unpaired) electrons. The minimum absolute atomic E-state index is 0.0640. The van der Waals surface area contributed by atoms with Crippen LogP contribution in [0.5, 0.6) is 0 Å². The Morgan fingerprint density at radius 1 is 1.38 bits per heavy atom. The largest absolute Gasteiger partial charge is 0.327 e. The van der Waals surface area contributed by atoms with Gasteiger partial charge in [-0.1, -0.05) is 6.92 Å². The van der Waals surface area contributed by atoms with E-state index in [0.29, 0.717) is 0 Å². The lowest BCUT2D eigenvalue weighted by Crippen LogP contribution is -2.31. The van der Waals surface area contributed by atoms with Crippen molar-refractivity contribution in [2.24, 2.45) is 11.7 Å². The van der Waals surface area contributed by atoms with E-state index in [4.69, 9.17) is 5.73 Å². The van der Waals surface area contributed by atoms with Crippen molar-refractivity contribution in [3.05, 3.63) is 33.8 Å². The van der Waals surface area contributed by atoms with Crippen LogP contribution in [0.4, 0.5) is 8.78 Å². The molecular weight excluding hydrogens is 280 g/mol. The third-order valence-corrected chi connectivity index (χ3v) is 3.11. The van der Waals surface area contributed by atoms with E-state index in [-0.39, 0.29) is 4.47 Å². The van der Waals surface area contributed by atoms with Crippen molar-refractivity contribution in [1.29, 1.82) is 0 Å². The summed E-state index contributed by atoms with van der Waals surface area (Å²) in [4.78, 5) is 11.8. The smallest absolute Gasteiger partial charge is 0.173 e. The summed E-state index contributed by atoms with van der Waals surface area (Å²) < 4.78 is 27.0. The van der Waals surface area contributed by atoms with E-state index in [9.17, 15) is 13.6 Å². The molecule has 2 unspecified atom stereocenters. The molecule has 88 valence electrons. The number of hydrogen-bond donors (Lipinski definition) is 1. The highest BCUT2D eigenvalue weighted by atomic mass is 79.9. The number of carbonyl (C=O) groups is 1. The number of nitrogens with two attached hydrogens (primary N) is 1. The molecule has 2 nitrogen and oxygen atoms in total. The Hall–Kier alpha value is -0.810. The number of rotatable bonds is 3. The maximum atomic E-state index is 13.6. The summed E-state index contributed by atoms with van der Waals surface area (Å²) in [6.07, 6.45) is 0. The maximum Gasteiger partial charge on any atom is 0.173 e. The maximum absolute atomic E-state index is 13.6. The van der Waals surface area contributed by atoms with Gasteiger partial charge < -0.3 is 5.73 Å². The van der Waals surface area contributed by atoms with E-state index in [0.717, 1.165) is 6.07 Å². The highest BCUT2D eigenvalue weighted by molar-refractivity contribution is 9.10. The van der Waals surface area contributed by atoms with Gasteiger partial charge in [-0.2, -0.15) is 0 Å². The number of halogens is 3. The zero-order valence-electron chi connectivity index (χ0n) is 8.93. The van der Waals surface area contributed by atoms with Crippen LogP contribution < -0.4 is 5.73 Å². The number of Topliss-reactive ketones (excluding diaryl/α,β-unsaturated/α-hetero) is 1. The van der Waals surface area contributed by atoms with Crippen molar-refractivity contribution in [2.75, 3.05) is 0 Å². The summed E-state index contributed by atoms with van der Waals surface area (Å²) >= 11 is 2.91. The summed E-state index contributed by atoms with van der Waals surface area (Å²) in [5, 5.41) is 0. The SMILES string of the molecule is CC(N)C(C)C(=O)c1c(F)ccc(Br)c1F. The molecule has 0 spiro atoms. The van der Waals surface area contributed by atoms with Crippen LogP contribution in [-0.2, 0) is 0 Å². The highest BCUT2D eigenvalue weighted by Crippen LogP contribution is 2.24. The van der Waals surface area contributed by atoms with Gasteiger partial charge in [0.25, 0.3) is 0 Å². The molecule has 0 aliphatic rings. The molecule has 0 saturated heterocycles.